The van der Waals surface area contributed by atoms with Gasteiger partial charge < -0.3 is 14.6 Å². The van der Waals surface area contributed by atoms with Crippen molar-refractivity contribution in [1.29, 1.82) is 0 Å². The Labute approximate surface area is 115 Å². The highest BCUT2D eigenvalue weighted by atomic mass is 127. The van der Waals surface area contributed by atoms with E-state index in [2.05, 4.69) is 31.8 Å². The molecule has 0 bridgehead atoms. The highest BCUT2D eigenvalue weighted by Gasteiger charge is 2.24. The zero-order valence-corrected chi connectivity index (χ0v) is 12.8. The minimum absolute atomic E-state index is 0.222. The normalized spacial score (nSPS) is 18.6. The molecular weight excluding hydrogens is 358 g/mol. The third-order valence-electron chi connectivity index (χ3n) is 2.24. The predicted molar refractivity (Wildman–Crippen MR) is 77.2 cm³/mol. The van der Waals surface area contributed by atoms with Crippen LogP contribution < -0.4 is 10.0 Å². The van der Waals surface area contributed by atoms with Crippen LogP contribution >= 0.6 is 43.6 Å². The summed E-state index contributed by atoms with van der Waals surface area (Å²) >= 11 is 3.83. The summed E-state index contributed by atoms with van der Waals surface area (Å²) in [7, 11) is 2.52. The number of thioether (sulfide) groups is 1. The molecule has 0 aromatic heterocycles. The van der Waals surface area contributed by atoms with Crippen LogP contribution in [-0.4, -0.2) is 30.7 Å². The number of phenols is 1. The van der Waals surface area contributed by atoms with Crippen molar-refractivity contribution in [1.82, 2.24) is 0 Å². The first kappa shape index (κ1) is 12.7. The maximum absolute atomic E-state index is 9.77. The van der Waals surface area contributed by atoms with Crippen molar-refractivity contribution in [2.45, 2.75) is 11.0 Å². The van der Waals surface area contributed by atoms with Crippen LogP contribution in [0.5, 0.6) is 11.5 Å². The topological polar surface area (TPSA) is 42.0 Å². The van der Waals surface area contributed by atoms with E-state index >= 15 is 0 Å². The van der Waals surface area contributed by atoms with Gasteiger partial charge in [0.1, 0.15) is 24.2 Å². The van der Waals surface area contributed by atoms with E-state index in [1.165, 1.54) is 0 Å². The summed E-state index contributed by atoms with van der Waals surface area (Å²) in [5, 5.41) is 10.5. The maximum atomic E-state index is 9.77. The number of hydrogen-bond acceptors (Lipinski definition) is 4. The fourth-order valence-corrected chi connectivity index (χ4v) is 3.61. The summed E-state index contributed by atoms with van der Waals surface area (Å²) in [5.74, 6) is 0.993. The van der Waals surface area contributed by atoms with Crippen LogP contribution in [0.25, 0.3) is 0 Å². The Bertz CT molecular complexity index is 410. The largest absolute Gasteiger partial charge is 0.507 e. The summed E-state index contributed by atoms with van der Waals surface area (Å²) < 4.78 is 11.8. The molecule has 6 heteroatoms. The predicted octanol–water partition coefficient (Wildman–Crippen LogP) is 2.00. The Balaban J connectivity index is 2.27. The molecule has 1 N–H and O–H groups in total. The molecule has 1 heterocycles. The minimum atomic E-state index is 0.222. The maximum Gasteiger partial charge on any atom is 0.144 e. The zero-order chi connectivity index (χ0) is 11.7. The van der Waals surface area contributed by atoms with Crippen molar-refractivity contribution >= 4 is 48.9 Å². The fourth-order valence-electron chi connectivity index (χ4n) is 1.24. The number of ether oxygens (including phenoxy) is 2. The van der Waals surface area contributed by atoms with Crippen LogP contribution in [0, 0.1) is 3.57 Å². The van der Waals surface area contributed by atoms with Gasteiger partial charge >= 0.3 is 0 Å². The number of epoxide rings is 1. The van der Waals surface area contributed by atoms with Crippen LogP contribution in [0.4, 0.5) is 0 Å². The van der Waals surface area contributed by atoms with E-state index in [-0.39, 0.29) is 11.9 Å². The van der Waals surface area contributed by atoms with Gasteiger partial charge in [0, 0.05) is 4.90 Å². The number of aromatic hydroxyl groups is 1. The second-order valence-electron chi connectivity index (χ2n) is 3.42. The summed E-state index contributed by atoms with van der Waals surface area (Å²) in [6, 6.07) is 1.76. The van der Waals surface area contributed by atoms with E-state index in [1.807, 2.05) is 6.26 Å². The number of phenolic OH excluding ortho intramolecular Hbond substituents is 1. The van der Waals surface area contributed by atoms with Crippen molar-refractivity contribution in [2.24, 2.45) is 0 Å². The Morgan fingerprint density at radius 3 is 3.00 bits per heavy atom. The van der Waals surface area contributed by atoms with Gasteiger partial charge in [-0.05, 0) is 34.9 Å². The highest BCUT2D eigenvalue weighted by molar-refractivity contribution is 14.1. The second-order valence-corrected chi connectivity index (χ2v) is 5.93. The van der Waals surface area contributed by atoms with Gasteiger partial charge in [-0.2, -0.15) is 0 Å². The van der Waals surface area contributed by atoms with E-state index in [1.54, 1.807) is 17.8 Å². The number of benzene rings is 1. The lowest BCUT2D eigenvalue weighted by molar-refractivity contribution is 0.262. The van der Waals surface area contributed by atoms with Gasteiger partial charge in [0.2, 0.25) is 0 Å². The average molecular weight is 370 g/mol. The highest BCUT2D eigenvalue weighted by Crippen LogP contribution is 2.34. The first-order valence-corrected chi connectivity index (χ1v) is 7.61. The van der Waals surface area contributed by atoms with Crippen molar-refractivity contribution in [3.63, 3.8) is 0 Å². The minimum Gasteiger partial charge on any atom is -0.507 e. The zero-order valence-electron chi connectivity index (χ0n) is 8.70. The quantitative estimate of drug-likeness (QED) is 0.381. The molecule has 1 aliphatic heterocycles. The van der Waals surface area contributed by atoms with Gasteiger partial charge in [-0.15, -0.1) is 11.8 Å². The molecule has 16 heavy (non-hydrogen) atoms. The van der Waals surface area contributed by atoms with Gasteiger partial charge in [-0.1, -0.05) is 9.24 Å². The lowest BCUT2D eigenvalue weighted by atomic mass is 10.3. The second kappa shape index (κ2) is 5.29. The Kier molecular flexibility index (Phi) is 4.21. The summed E-state index contributed by atoms with van der Waals surface area (Å²) in [6.45, 7) is 1.33. The van der Waals surface area contributed by atoms with Gasteiger partial charge in [-0.25, -0.2) is 0 Å². The smallest absolute Gasteiger partial charge is 0.144 e. The van der Waals surface area contributed by atoms with Crippen LogP contribution in [0.15, 0.2) is 11.0 Å². The third kappa shape index (κ3) is 2.75. The Morgan fingerprint density at radius 1 is 1.75 bits per heavy atom. The molecule has 1 aliphatic rings. The molecule has 3 nitrogen and oxygen atoms in total. The number of halogens is 1. The van der Waals surface area contributed by atoms with Gasteiger partial charge in [-0.3, -0.25) is 0 Å². The molecule has 1 saturated heterocycles. The van der Waals surface area contributed by atoms with Gasteiger partial charge in [0.25, 0.3) is 0 Å². The number of rotatable bonds is 4. The standard InChI is InChI=1S/C10H12IO3PS/c1-16-7-2-6(12)10(15)9(8(7)11)14-4-5-3-13-5/h2,5,12H,3-4,15H2,1H3. The molecule has 2 atom stereocenters. The average Bonchev–Trinajstić information content (AvgIpc) is 3.07. The monoisotopic (exact) mass is 370 g/mol. The summed E-state index contributed by atoms with van der Waals surface area (Å²) in [5.41, 5.74) is 0. The molecular formula is C10H12IO3PS. The molecule has 2 unspecified atom stereocenters. The molecule has 0 aliphatic carbocycles. The molecule has 0 radical (unpaired) electrons. The van der Waals surface area contributed by atoms with Crippen LogP contribution in [0.3, 0.4) is 0 Å². The van der Waals surface area contributed by atoms with Crippen molar-refractivity contribution in [3.05, 3.63) is 9.64 Å². The van der Waals surface area contributed by atoms with E-state index < -0.39 is 0 Å². The van der Waals surface area contributed by atoms with Crippen LogP contribution in [0.2, 0.25) is 0 Å². The van der Waals surface area contributed by atoms with Crippen LogP contribution in [-0.2, 0) is 4.74 Å². The van der Waals surface area contributed by atoms with Crippen molar-refractivity contribution < 1.29 is 14.6 Å². The molecule has 2 rings (SSSR count). The van der Waals surface area contributed by atoms with Crippen molar-refractivity contribution in [3.8, 4) is 11.5 Å². The molecule has 0 spiro atoms. The van der Waals surface area contributed by atoms with E-state index in [4.69, 9.17) is 9.47 Å². The molecule has 1 fully saturated rings. The van der Waals surface area contributed by atoms with E-state index in [9.17, 15) is 5.11 Å². The fraction of sp³-hybridized carbons (Fsp3) is 0.400. The van der Waals surface area contributed by atoms with Crippen molar-refractivity contribution in [2.75, 3.05) is 19.5 Å². The molecule has 1 aromatic rings. The van der Waals surface area contributed by atoms with Gasteiger partial charge in [0.15, 0.2) is 0 Å². The molecule has 0 amide bonds. The van der Waals surface area contributed by atoms with E-state index in [0.29, 0.717) is 11.9 Å². The number of hydrogen-bond donors (Lipinski definition) is 1. The third-order valence-corrected chi connectivity index (χ3v) is 5.00. The van der Waals surface area contributed by atoms with Gasteiger partial charge in [0.05, 0.1) is 15.5 Å². The summed E-state index contributed by atoms with van der Waals surface area (Å²) in [6.07, 6.45) is 2.20. The van der Waals surface area contributed by atoms with E-state index in [0.717, 1.165) is 20.8 Å². The van der Waals surface area contributed by atoms with Crippen LogP contribution in [0.1, 0.15) is 0 Å². The SMILES string of the molecule is CSc1cc(O)c(P)c(OCC2CO2)c1I. The molecule has 0 saturated carbocycles. The lowest BCUT2D eigenvalue weighted by Gasteiger charge is -2.14. The molecule has 1 aromatic carbocycles. The Hall–Kier alpha value is 0.290. The first-order valence-electron chi connectivity index (χ1n) is 4.72. The lowest BCUT2D eigenvalue weighted by Crippen LogP contribution is -2.11. The first-order chi connectivity index (χ1) is 7.63. The summed E-state index contributed by atoms with van der Waals surface area (Å²) in [4.78, 5) is 1.02. The Morgan fingerprint density at radius 2 is 2.44 bits per heavy atom. The molecule has 88 valence electrons.